The van der Waals surface area contributed by atoms with Gasteiger partial charge in [0.2, 0.25) is 6.04 Å². The van der Waals surface area contributed by atoms with Gasteiger partial charge in [-0.2, -0.15) is 0 Å². The van der Waals surface area contributed by atoms with Crippen molar-refractivity contribution in [2.45, 2.75) is 37.8 Å². The van der Waals surface area contributed by atoms with Gasteiger partial charge >= 0.3 is 0 Å². The van der Waals surface area contributed by atoms with Crippen LogP contribution in [0.15, 0.2) is 30.3 Å². The summed E-state index contributed by atoms with van der Waals surface area (Å²) < 4.78 is 0. The van der Waals surface area contributed by atoms with E-state index in [0.29, 0.717) is 18.4 Å². The van der Waals surface area contributed by atoms with Gasteiger partial charge in [0.05, 0.1) is 0 Å². The van der Waals surface area contributed by atoms with E-state index < -0.39 is 17.1 Å². The van der Waals surface area contributed by atoms with Gasteiger partial charge in [-0.3, -0.25) is 14.9 Å². The third-order valence-electron chi connectivity index (χ3n) is 3.74. The Balaban J connectivity index is 2.08. The Labute approximate surface area is 111 Å². The number of aliphatic hydroxyl groups excluding tert-OH is 1. The number of hydrogen-bond acceptors (Lipinski definition) is 4. The summed E-state index contributed by atoms with van der Waals surface area (Å²) in [4.78, 5) is 22.7. The molecule has 0 radical (unpaired) electrons. The first-order chi connectivity index (χ1) is 9.09. The summed E-state index contributed by atoms with van der Waals surface area (Å²) in [6.07, 6.45) is 1.01. The Morgan fingerprint density at radius 2 is 2.00 bits per heavy atom. The van der Waals surface area contributed by atoms with Crippen LogP contribution in [0.4, 0.5) is 0 Å². The van der Waals surface area contributed by atoms with E-state index in [9.17, 15) is 20.0 Å². The fourth-order valence-corrected chi connectivity index (χ4v) is 2.76. The molecule has 0 amide bonds. The van der Waals surface area contributed by atoms with E-state index in [0.717, 1.165) is 6.42 Å². The molecule has 2 rings (SSSR count). The molecular formula is C14H17NO4. The molecule has 1 N–H and O–H groups in total. The maximum atomic E-state index is 12.1. The Kier molecular flexibility index (Phi) is 4.27. The van der Waals surface area contributed by atoms with E-state index in [2.05, 4.69) is 0 Å². The molecule has 0 bridgehead atoms. The van der Waals surface area contributed by atoms with Gasteiger partial charge in [0.1, 0.15) is 6.10 Å². The lowest BCUT2D eigenvalue weighted by molar-refractivity contribution is -0.547. The number of nitro groups is 1. The van der Waals surface area contributed by atoms with Crippen molar-refractivity contribution in [3.63, 3.8) is 0 Å². The number of hydrogen-bond donors (Lipinski definition) is 1. The maximum absolute atomic E-state index is 12.1. The van der Waals surface area contributed by atoms with E-state index in [4.69, 9.17) is 0 Å². The molecule has 1 aromatic rings. The second-order valence-corrected chi connectivity index (χ2v) is 5.03. The minimum atomic E-state index is -1.01. The highest BCUT2D eigenvalue weighted by molar-refractivity contribution is 5.96. The molecule has 1 aromatic carbocycles. The monoisotopic (exact) mass is 263 g/mol. The van der Waals surface area contributed by atoms with E-state index in [1.165, 1.54) is 0 Å². The van der Waals surface area contributed by atoms with Crippen LogP contribution in [0.5, 0.6) is 0 Å². The topological polar surface area (TPSA) is 80.4 Å². The number of nitrogens with zero attached hydrogens (tertiary/aromatic N) is 1. The van der Waals surface area contributed by atoms with Crippen LogP contribution in [-0.2, 0) is 0 Å². The normalized spacial score (nSPS) is 26.9. The van der Waals surface area contributed by atoms with Crippen molar-refractivity contribution in [1.29, 1.82) is 0 Å². The zero-order valence-electron chi connectivity index (χ0n) is 10.6. The highest BCUT2D eigenvalue weighted by Gasteiger charge is 2.41. The minimum Gasteiger partial charge on any atom is -0.386 e. The molecule has 5 nitrogen and oxygen atoms in total. The lowest BCUT2D eigenvalue weighted by Crippen LogP contribution is -2.44. The van der Waals surface area contributed by atoms with E-state index >= 15 is 0 Å². The van der Waals surface area contributed by atoms with Crippen LogP contribution in [0.3, 0.4) is 0 Å². The van der Waals surface area contributed by atoms with Gasteiger partial charge in [-0.25, -0.2) is 0 Å². The third kappa shape index (κ3) is 3.17. The fraction of sp³-hybridized carbons (Fsp3) is 0.500. The summed E-state index contributed by atoms with van der Waals surface area (Å²) in [5.74, 6) is -0.460. The van der Waals surface area contributed by atoms with Crippen LogP contribution in [0.25, 0.3) is 0 Å². The maximum Gasteiger partial charge on any atom is 0.241 e. The molecule has 1 aliphatic carbocycles. The van der Waals surface area contributed by atoms with E-state index in [-0.39, 0.29) is 18.1 Å². The molecule has 1 fully saturated rings. The van der Waals surface area contributed by atoms with Crippen LogP contribution in [0.1, 0.15) is 36.0 Å². The lowest BCUT2D eigenvalue weighted by atomic mass is 9.79. The van der Waals surface area contributed by atoms with Crippen molar-refractivity contribution in [2.24, 2.45) is 5.92 Å². The summed E-state index contributed by atoms with van der Waals surface area (Å²) in [6.45, 7) is 0. The molecule has 0 spiro atoms. The number of carbonyl (C=O) groups is 1. The van der Waals surface area contributed by atoms with Crippen molar-refractivity contribution in [3.05, 3.63) is 46.0 Å². The van der Waals surface area contributed by atoms with Crippen molar-refractivity contribution < 1.29 is 14.8 Å². The standard InChI is InChI=1S/C14H17NO4/c16-12-8-4-7-11(14(12)15(18)19)9-13(17)10-5-2-1-3-6-10/h1-3,5-6,11-12,14,16H,4,7-9H2/t11-,12-,14-/m1/s1. The van der Waals surface area contributed by atoms with Gasteiger partial charge in [-0.05, 0) is 12.8 Å². The zero-order chi connectivity index (χ0) is 13.8. The summed E-state index contributed by atoms with van der Waals surface area (Å²) in [5.41, 5.74) is 0.574. The number of carbonyl (C=O) groups excluding carboxylic acids is 1. The third-order valence-corrected chi connectivity index (χ3v) is 3.74. The van der Waals surface area contributed by atoms with Gasteiger partial charge in [0.15, 0.2) is 5.78 Å². The highest BCUT2D eigenvalue weighted by atomic mass is 16.6. The van der Waals surface area contributed by atoms with Crippen LogP contribution in [0, 0.1) is 16.0 Å². The summed E-state index contributed by atoms with van der Waals surface area (Å²) in [7, 11) is 0. The lowest BCUT2D eigenvalue weighted by Gasteiger charge is -2.28. The quantitative estimate of drug-likeness (QED) is 0.512. The van der Waals surface area contributed by atoms with Gasteiger partial charge in [0, 0.05) is 22.8 Å². The molecule has 0 heterocycles. The predicted octanol–water partition coefficient (Wildman–Crippen LogP) is 2.07. The highest BCUT2D eigenvalue weighted by Crippen LogP contribution is 2.30. The van der Waals surface area contributed by atoms with Crippen LogP contribution >= 0.6 is 0 Å². The summed E-state index contributed by atoms with van der Waals surface area (Å²) in [6, 6.07) is 7.77. The van der Waals surface area contributed by atoms with Crippen molar-refractivity contribution >= 4 is 5.78 Å². The van der Waals surface area contributed by atoms with Crippen molar-refractivity contribution in [3.8, 4) is 0 Å². The molecule has 1 saturated carbocycles. The van der Waals surface area contributed by atoms with Gasteiger partial charge in [-0.15, -0.1) is 0 Å². The average Bonchev–Trinajstić information content (AvgIpc) is 2.39. The fourth-order valence-electron chi connectivity index (χ4n) is 2.76. The zero-order valence-corrected chi connectivity index (χ0v) is 10.6. The number of Topliss-reactive ketones (excluding diaryl/α,β-unsaturated/α-hetero) is 1. The molecule has 5 heteroatoms. The van der Waals surface area contributed by atoms with Crippen LogP contribution in [0.2, 0.25) is 0 Å². The van der Waals surface area contributed by atoms with Crippen molar-refractivity contribution in [1.82, 2.24) is 0 Å². The number of aliphatic hydroxyl groups is 1. The van der Waals surface area contributed by atoms with E-state index in [1.54, 1.807) is 24.3 Å². The van der Waals surface area contributed by atoms with Crippen LogP contribution < -0.4 is 0 Å². The molecule has 1 aliphatic rings. The Hall–Kier alpha value is -1.75. The first kappa shape index (κ1) is 13.7. The Bertz CT molecular complexity index is 460. The van der Waals surface area contributed by atoms with Crippen molar-refractivity contribution in [2.75, 3.05) is 0 Å². The first-order valence-corrected chi connectivity index (χ1v) is 6.49. The van der Waals surface area contributed by atoms with Gasteiger partial charge in [-0.1, -0.05) is 36.8 Å². The number of ketones is 1. The SMILES string of the molecule is O=C(C[C@H]1CCC[C@@H](O)[C@@H]1[N+](=O)[O-])c1ccccc1. The molecule has 0 saturated heterocycles. The summed E-state index contributed by atoms with van der Waals surface area (Å²) in [5, 5.41) is 20.8. The smallest absolute Gasteiger partial charge is 0.241 e. The largest absolute Gasteiger partial charge is 0.386 e. The van der Waals surface area contributed by atoms with Gasteiger partial charge in [0.25, 0.3) is 0 Å². The number of benzene rings is 1. The first-order valence-electron chi connectivity index (χ1n) is 6.49. The second kappa shape index (κ2) is 5.93. The van der Waals surface area contributed by atoms with Gasteiger partial charge < -0.3 is 5.11 Å². The average molecular weight is 263 g/mol. The molecule has 0 unspecified atom stereocenters. The Morgan fingerprint density at radius 1 is 1.32 bits per heavy atom. The molecule has 0 aliphatic heterocycles. The Morgan fingerprint density at radius 3 is 2.63 bits per heavy atom. The second-order valence-electron chi connectivity index (χ2n) is 5.03. The summed E-state index contributed by atoms with van der Waals surface area (Å²) >= 11 is 0. The van der Waals surface area contributed by atoms with Crippen LogP contribution in [-0.4, -0.2) is 28.0 Å². The predicted molar refractivity (Wildman–Crippen MR) is 69.5 cm³/mol. The van der Waals surface area contributed by atoms with E-state index in [1.807, 2.05) is 6.07 Å². The molecule has 0 aromatic heterocycles. The minimum absolute atomic E-state index is 0.0912. The molecule has 102 valence electrons. The molecule has 3 atom stereocenters. The molecular weight excluding hydrogens is 246 g/mol. The molecule has 19 heavy (non-hydrogen) atoms. The number of rotatable bonds is 4.